The van der Waals surface area contributed by atoms with Crippen molar-refractivity contribution in [3.8, 4) is 6.07 Å². The zero-order chi connectivity index (χ0) is 14.5. The first kappa shape index (κ1) is 14.9. The molecule has 1 fully saturated rings. The first-order chi connectivity index (χ1) is 9.60. The average Bonchev–Trinajstić information content (AvgIpc) is 2.92. The molecule has 1 saturated heterocycles. The number of halogens is 1. The van der Waals surface area contributed by atoms with Crippen LogP contribution in [0.2, 0.25) is 0 Å². The summed E-state index contributed by atoms with van der Waals surface area (Å²) in [6, 6.07) is 7.77. The summed E-state index contributed by atoms with van der Waals surface area (Å²) in [6.07, 6.45) is 3.91. The predicted octanol–water partition coefficient (Wildman–Crippen LogP) is 3.04. The van der Waals surface area contributed by atoms with E-state index in [9.17, 15) is 4.79 Å². The number of anilines is 1. The van der Waals surface area contributed by atoms with Crippen molar-refractivity contribution in [2.24, 2.45) is 0 Å². The number of aryl methyl sites for hydroxylation is 1. The molecule has 104 valence electrons. The minimum Gasteiger partial charge on any atom is -0.376 e. The monoisotopic (exact) mass is 381 g/mol. The molecule has 0 atom stereocenters. The summed E-state index contributed by atoms with van der Waals surface area (Å²) in [6.45, 7) is 3.77. The van der Waals surface area contributed by atoms with E-state index in [1.165, 1.54) is 0 Å². The van der Waals surface area contributed by atoms with E-state index in [2.05, 4.69) is 27.9 Å². The van der Waals surface area contributed by atoms with Crippen LogP contribution in [-0.4, -0.2) is 23.9 Å². The first-order valence-corrected chi connectivity index (χ1v) is 7.61. The number of hydrogen-bond donors (Lipinski definition) is 1. The molecule has 0 bridgehead atoms. The van der Waals surface area contributed by atoms with Crippen LogP contribution in [0.3, 0.4) is 0 Å². The molecule has 2 rings (SSSR count). The van der Waals surface area contributed by atoms with E-state index in [0.29, 0.717) is 0 Å². The Kier molecular flexibility index (Phi) is 5.01. The number of likely N-dealkylation sites (tertiary alicyclic amines) is 1. The van der Waals surface area contributed by atoms with E-state index in [-0.39, 0.29) is 11.5 Å². The molecule has 1 aliphatic heterocycles. The highest BCUT2D eigenvalue weighted by Crippen LogP contribution is 2.18. The van der Waals surface area contributed by atoms with Crippen LogP contribution in [0.4, 0.5) is 5.69 Å². The molecule has 0 aliphatic carbocycles. The molecule has 1 aromatic carbocycles. The van der Waals surface area contributed by atoms with Gasteiger partial charge in [0.1, 0.15) is 11.6 Å². The maximum absolute atomic E-state index is 12.1. The van der Waals surface area contributed by atoms with Crippen LogP contribution < -0.4 is 5.32 Å². The van der Waals surface area contributed by atoms with Crippen LogP contribution in [0.15, 0.2) is 30.0 Å². The van der Waals surface area contributed by atoms with Gasteiger partial charge in [-0.1, -0.05) is 0 Å². The van der Waals surface area contributed by atoms with Gasteiger partial charge >= 0.3 is 0 Å². The minimum atomic E-state index is -0.344. The van der Waals surface area contributed by atoms with Crippen molar-refractivity contribution in [3.05, 3.63) is 39.1 Å². The lowest BCUT2D eigenvalue weighted by molar-refractivity contribution is -0.112. The van der Waals surface area contributed by atoms with Gasteiger partial charge in [0, 0.05) is 28.5 Å². The van der Waals surface area contributed by atoms with Gasteiger partial charge in [0.25, 0.3) is 5.91 Å². The number of carbonyl (C=O) groups is 1. The van der Waals surface area contributed by atoms with Gasteiger partial charge in [0.05, 0.1) is 0 Å². The van der Waals surface area contributed by atoms with Gasteiger partial charge in [-0.15, -0.1) is 0 Å². The SMILES string of the molecule is Cc1cc(I)ccc1NC(=O)/C(C#N)=C\N1CCCC1. The number of nitrogens with one attached hydrogen (secondary N) is 1. The summed E-state index contributed by atoms with van der Waals surface area (Å²) in [5, 5.41) is 11.9. The van der Waals surface area contributed by atoms with Gasteiger partial charge in [-0.3, -0.25) is 4.79 Å². The number of nitriles is 1. The Hall–Kier alpha value is -1.55. The number of carbonyl (C=O) groups excluding carboxylic acids is 1. The summed E-state index contributed by atoms with van der Waals surface area (Å²) in [7, 11) is 0. The van der Waals surface area contributed by atoms with Crippen LogP contribution in [0.5, 0.6) is 0 Å². The second-order valence-electron chi connectivity index (χ2n) is 4.81. The third-order valence-electron chi connectivity index (χ3n) is 3.25. The van der Waals surface area contributed by atoms with Gasteiger partial charge in [-0.05, 0) is 66.1 Å². The molecule has 1 aromatic rings. The molecule has 0 radical (unpaired) electrons. The molecule has 1 N–H and O–H groups in total. The molecule has 0 spiro atoms. The fourth-order valence-electron chi connectivity index (χ4n) is 2.15. The van der Waals surface area contributed by atoms with Crippen molar-refractivity contribution >= 4 is 34.2 Å². The van der Waals surface area contributed by atoms with E-state index < -0.39 is 0 Å². The topological polar surface area (TPSA) is 56.1 Å². The fourth-order valence-corrected chi connectivity index (χ4v) is 2.80. The molecule has 0 aromatic heterocycles. The predicted molar refractivity (Wildman–Crippen MR) is 87.0 cm³/mol. The van der Waals surface area contributed by atoms with Gasteiger partial charge in [-0.25, -0.2) is 0 Å². The lowest BCUT2D eigenvalue weighted by atomic mass is 10.2. The molecule has 1 aliphatic rings. The van der Waals surface area contributed by atoms with Crippen LogP contribution in [0.25, 0.3) is 0 Å². The maximum Gasteiger partial charge on any atom is 0.267 e. The molecular formula is C15H16IN3O. The highest BCUT2D eigenvalue weighted by atomic mass is 127. The summed E-state index contributed by atoms with van der Waals surface area (Å²) < 4.78 is 1.12. The quantitative estimate of drug-likeness (QED) is 0.498. The number of hydrogen-bond acceptors (Lipinski definition) is 3. The third-order valence-corrected chi connectivity index (χ3v) is 3.93. The maximum atomic E-state index is 12.1. The van der Waals surface area contributed by atoms with E-state index in [1.54, 1.807) is 6.20 Å². The highest BCUT2D eigenvalue weighted by molar-refractivity contribution is 14.1. The lowest BCUT2D eigenvalue weighted by Gasteiger charge is -2.12. The van der Waals surface area contributed by atoms with Crippen LogP contribution >= 0.6 is 22.6 Å². The minimum absolute atomic E-state index is 0.157. The number of benzene rings is 1. The fraction of sp³-hybridized carbons (Fsp3) is 0.333. The highest BCUT2D eigenvalue weighted by Gasteiger charge is 2.14. The molecule has 1 heterocycles. The summed E-state index contributed by atoms with van der Waals surface area (Å²) in [5.41, 5.74) is 1.89. The summed E-state index contributed by atoms with van der Waals surface area (Å²) in [4.78, 5) is 14.2. The molecular weight excluding hydrogens is 365 g/mol. The van der Waals surface area contributed by atoms with Crippen molar-refractivity contribution in [2.75, 3.05) is 18.4 Å². The van der Waals surface area contributed by atoms with Gasteiger partial charge < -0.3 is 10.2 Å². The van der Waals surface area contributed by atoms with Gasteiger partial charge in [0.15, 0.2) is 0 Å². The number of nitrogens with zero attached hydrogens (tertiary/aromatic N) is 2. The molecule has 0 saturated carbocycles. The lowest BCUT2D eigenvalue weighted by Crippen LogP contribution is -2.19. The van der Waals surface area contributed by atoms with E-state index in [0.717, 1.165) is 40.8 Å². The van der Waals surface area contributed by atoms with E-state index >= 15 is 0 Å². The van der Waals surface area contributed by atoms with E-state index in [1.807, 2.05) is 36.1 Å². The second kappa shape index (κ2) is 6.75. The van der Waals surface area contributed by atoms with Crippen molar-refractivity contribution in [1.29, 1.82) is 5.26 Å². The number of rotatable bonds is 3. The van der Waals surface area contributed by atoms with E-state index in [4.69, 9.17) is 5.26 Å². The Labute approximate surface area is 132 Å². The smallest absolute Gasteiger partial charge is 0.267 e. The molecule has 5 heteroatoms. The van der Waals surface area contributed by atoms with Gasteiger partial charge in [-0.2, -0.15) is 5.26 Å². The average molecular weight is 381 g/mol. The van der Waals surface area contributed by atoms with Gasteiger partial charge in [0.2, 0.25) is 0 Å². The standard InChI is InChI=1S/C15H16IN3O/c1-11-8-13(16)4-5-14(11)18-15(20)12(9-17)10-19-6-2-3-7-19/h4-5,8,10H,2-3,6-7H2,1H3,(H,18,20)/b12-10-. The molecule has 1 amide bonds. The van der Waals surface area contributed by atoms with Crippen molar-refractivity contribution in [1.82, 2.24) is 4.90 Å². The largest absolute Gasteiger partial charge is 0.376 e. The Morgan fingerprint density at radius 3 is 2.75 bits per heavy atom. The van der Waals surface area contributed by atoms with Crippen molar-refractivity contribution in [3.63, 3.8) is 0 Å². The number of amides is 1. The summed E-state index contributed by atoms with van der Waals surface area (Å²) in [5.74, 6) is -0.344. The van der Waals surface area contributed by atoms with Crippen molar-refractivity contribution < 1.29 is 4.79 Å². The normalized spacial score (nSPS) is 15.1. The van der Waals surface area contributed by atoms with Crippen LogP contribution in [0.1, 0.15) is 18.4 Å². The Morgan fingerprint density at radius 2 is 2.15 bits per heavy atom. The Balaban J connectivity index is 2.11. The zero-order valence-electron chi connectivity index (χ0n) is 11.3. The van der Waals surface area contributed by atoms with Crippen molar-refractivity contribution in [2.45, 2.75) is 19.8 Å². The Bertz CT molecular complexity index is 583. The third kappa shape index (κ3) is 3.73. The first-order valence-electron chi connectivity index (χ1n) is 6.53. The van der Waals surface area contributed by atoms with Crippen LogP contribution in [-0.2, 0) is 4.79 Å². The second-order valence-corrected chi connectivity index (χ2v) is 6.06. The van der Waals surface area contributed by atoms with Crippen LogP contribution in [0, 0.1) is 21.8 Å². The Morgan fingerprint density at radius 1 is 1.45 bits per heavy atom. The molecule has 4 nitrogen and oxygen atoms in total. The molecule has 20 heavy (non-hydrogen) atoms. The molecule has 0 unspecified atom stereocenters. The zero-order valence-corrected chi connectivity index (χ0v) is 13.5. The summed E-state index contributed by atoms with van der Waals surface area (Å²) >= 11 is 2.23.